The van der Waals surface area contributed by atoms with Gasteiger partial charge >= 0.3 is 0 Å². The fourth-order valence-corrected chi connectivity index (χ4v) is 1.88. The van der Waals surface area contributed by atoms with Crippen LogP contribution in [0.5, 0.6) is 5.75 Å². The van der Waals surface area contributed by atoms with Crippen LogP contribution in [-0.2, 0) is 0 Å². The lowest BCUT2D eigenvalue weighted by Gasteiger charge is -2.34. The molecule has 0 fully saturated rings. The molecule has 1 heterocycles. The summed E-state index contributed by atoms with van der Waals surface area (Å²) < 4.78 is 5.61. The minimum absolute atomic E-state index is 0.126. The maximum atomic E-state index is 12.0. The van der Waals surface area contributed by atoms with Gasteiger partial charge in [0.1, 0.15) is 5.75 Å². The van der Waals surface area contributed by atoms with Gasteiger partial charge in [0.05, 0.1) is 11.0 Å². The number of benzene rings is 1. The maximum Gasteiger partial charge on any atom is 0.176 e. The zero-order valence-corrected chi connectivity index (χ0v) is 9.67. The van der Waals surface area contributed by atoms with Crippen LogP contribution in [0.15, 0.2) is 24.3 Å². The van der Waals surface area contributed by atoms with Crippen molar-refractivity contribution in [2.24, 2.45) is 5.41 Å². The Kier molecular flexibility index (Phi) is 2.14. The number of fused-ring (bicyclic) bond motifs is 1. The molecule has 0 aliphatic carbocycles. The number of Topliss-reactive ketones (excluding diaryl/α,β-unsaturated/α-hetero) is 1. The van der Waals surface area contributed by atoms with Crippen LogP contribution in [-0.4, -0.2) is 10.8 Å². The van der Waals surface area contributed by atoms with E-state index in [1.807, 2.05) is 32.0 Å². The van der Waals surface area contributed by atoms with Crippen molar-refractivity contribution in [3.63, 3.8) is 0 Å². The van der Waals surface area contributed by atoms with Crippen molar-refractivity contribution in [2.75, 3.05) is 0 Å². The van der Waals surface area contributed by atoms with Gasteiger partial charge < -0.3 is 4.74 Å². The molecule has 1 atom stereocenters. The Balaban J connectivity index is 2.55. The third-order valence-electron chi connectivity index (χ3n) is 2.51. The maximum absolute atomic E-state index is 12.0. The third kappa shape index (κ3) is 1.27. The van der Waals surface area contributed by atoms with Gasteiger partial charge in [-0.05, 0) is 41.9 Å². The molecule has 74 valence electrons. The molecular weight excluding hydrogens is 244 g/mol. The summed E-state index contributed by atoms with van der Waals surface area (Å²) >= 11 is 3.38. The lowest BCUT2D eigenvalue weighted by Crippen LogP contribution is -2.41. The molecule has 14 heavy (non-hydrogen) atoms. The Labute approximate surface area is 91.4 Å². The molecule has 1 aliphatic heterocycles. The molecule has 0 saturated carbocycles. The number of halogens is 1. The molecule has 1 unspecified atom stereocenters. The number of rotatable bonds is 0. The van der Waals surface area contributed by atoms with Crippen LogP contribution in [0.3, 0.4) is 0 Å². The van der Waals surface area contributed by atoms with Crippen LogP contribution < -0.4 is 4.74 Å². The largest absolute Gasteiger partial charge is 0.477 e. The van der Waals surface area contributed by atoms with Crippen molar-refractivity contribution >= 4 is 21.7 Å². The predicted molar refractivity (Wildman–Crippen MR) is 57.9 cm³/mol. The SMILES string of the molecule is CC1(C)C(=O)c2ccccc2OC1Br. The summed E-state index contributed by atoms with van der Waals surface area (Å²) in [6, 6.07) is 7.34. The molecule has 0 radical (unpaired) electrons. The van der Waals surface area contributed by atoms with Gasteiger partial charge in [0.2, 0.25) is 0 Å². The first-order valence-corrected chi connectivity index (χ1v) is 5.39. The molecular formula is C11H11BrO2. The van der Waals surface area contributed by atoms with Crippen molar-refractivity contribution in [3.05, 3.63) is 29.8 Å². The third-order valence-corrected chi connectivity index (χ3v) is 3.85. The van der Waals surface area contributed by atoms with Gasteiger partial charge in [-0.15, -0.1) is 0 Å². The number of carbonyl (C=O) groups is 1. The minimum atomic E-state index is -0.506. The zero-order valence-electron chi connectivity index (χ0n) is 8.08. The van der Waals surface area contributed by atoms with Gasteiger partial charge in [0, 0.05) is 0 Å². The Bertz CT molecular complexity index is 385. The average molecular weight is 255 g/mol. The van der Waals surface area contributed by atoms with E-state index >= 15 is 0 Å². The first kappa shape index (κ1) is 9.71. The molecule has 2 rings (SSSR count). The molecule has 0 aromatic heterocycles. The summed E-state index contributed by atoms with van der Waals surface area (Å²) in [5.41, 5.74) is 0.169. The molecule has 0 N–H and O–H groups in total. The number of hydrogen-bond acceptors (Lipinski definition) is 2. The van der Waals surface area contributed by atoms with E-state index in [0.29, 0.717) is 11.3 Å². The number of ketones is 1. The summed E-state index contributed by atoms with van der Waals surface area (Å²) in [5, 5.41) is -0.252. The van der Waals surface area contributed by atoms with Crippen LogP contribution in [0, 0.1) is 5.41 Å². The van der Waals surface area contributed by atoms with E-state index in [0.717, 1.165) is 0 Å². The average Bonchev–Trinajstić information content (AvgIpc) is 2.15. The molecule has 2 nitrogen and oxygen atoms in total. The van der Waals surface area contributed by atoms with Crippen LogP contribution in [0.2, 0.25) is 0 Å². The van der Waals surface area contributed by atoms with E-state index in [2.05, 4.69) is 15.9 Å². The molecule has 0 bridgehead atoms. The number of alkyl halides is 1. The Morgan fingerprint density at radius 2 is 2.00 bits per heavy atom. The highest BCUT2D eigenvalue weighted by molar-refractivity contribution is 9.09. The Morgan fingerprint density at radius 1 is 1.36 bits per heavy atom. The van der Waals surface area contributed by atoms with Crippen molar-refractivity contribution in [2.45, 2.75) is 18.9 Å². The van der Waals surface area contributed by atoms with Gasteiger partial charge in [0.25, 0.3) is 0 Å². The van der Waals surface area contributed by atoms with Gasteiger partial charge in [-0.25, -0.2) is 0 Å². The summed E-state index contributed by atoms with van der Waals surface area (Å²) in [6.07, 6.45) is 0. The molecule has 1 aromatic carbocycles. The summed E-state index contributed by atoms with van der Waals surface area (Å²) in [5.74, 6) is 0.792. The highest BCUT2D eigenvalue weighted by Crippen LogP contribution is 2.40. The molecule has 0 amide bonds. The predicted octanol–water partition coefficient (Wildman–Crippen LogP) is 3.01. The standard InChI is InChI=1S/C11H11BrO2/c1-11(2)9(13)7-5-3-4-6-8(7)14-10(11)12/h3-6,10H,1-2H3. The topological polar surface area (TPSA) is 26.3 Å². The van der Waals surface area contributed by atoms with Gasteiger partial charge in [-0.2, -0.15) is 0 Å². The number of para-hydroxylation sites is 1. The normalized spacial score (nSPS) is 23.9. The Morgan fingerprint density at radius 3 is 2.71 bits per heavy atom. The van der Waals surface area contributed by atoms with Crippen LogP contribution in [0.4, 0.5) is 0 Å². The summed E-state index contributed by atoms with van der Waals surface area (Å²) in [4.78, 5) is 12.0. The minimum Gasteiger partial charge on any atom is -0.477 e. The van der Waals surface area contributed by atoms with Crippen LogP contribution in [0.1, 0.15) is 24.2 Å². The van der Waals surface area contributed by atoms with E-state index in [9.17, 15) is 4.79 Å². The van der Waals surface area contributed by atoms with Crippen molar-refractivity contribution in [3.8, 4) is 5.75 Å². The second-order valence-electron chi connectivity index (χ2n) is 3.98. The van der Waals surface area contributed by atoms with Crippen LogP contribution in [0.25, 0.3) is 0 Å². The summed E-state index contributed by atoms with van der Waals surface area (Å²) in [7, 11) is 0. The molecule has 0 spiro atoms. The molecule has 1 aliphatic rings. The number of carbonyl (C=O) groups excluding carboxylic acids is 1. The highest BCUT2D eigenvalue weighted by Gasteiger charge is 2.42. The first-order valence-electron chi connectivity index (χ1n) is 4.48. The Hall–Kier alpha value is -0.830. The molecule has 1 aromatic rings. The van der Waals surface area contributed by atoms with Crippen molar-refractivity contribution in [1.29, 1.82) is 0 Å². The van der Waals surface area contributed by atoms with Crippen molar-refractivity contribution in [1.82, 2.24) is 0 Å². The molecule has 3 heteroatoms. The van der Waals surface area contributed by atoms with Gasteiger partial charge in [-0.1, -0.05) is 12.1 Å². The van der Waals surface area contributed by atoms with E-state index < -0.39 is 5.41 Å². The number of ether oxygens (including phenoxy) is 1. The molecule has 0 saturated heterocycles. The lowest BCUT2D eigenvalue weighted by atomic mass is 9.83. The van der Waals surface area contributed by atoms with Crippen LogP contribution >= 0.6 is 15.9 Å². The van der Waals surface area contributed by atoms with E-state index in [-0.39, 0.29) is 10.8 Å². The number of hydrogen-bond donors (Lipinski definition) is 0. The van der Waals surface area contributed by atoms with Gasteiger partial charge in [0.15, 0.2) is 10.8 Å². The van der Waals surface area contributed by atoms with Gasteiger partial charge in [-0.3, -0.25) is 4.79 Å². The van der Waals surface area contributed by atoms with E-state index in [1.54, 1.807) is 6.07 Å². The smallest absolute Gasteiger partial charge is 0.176 e. The second kappa shape index (κ2) is 3.09. The fourth-order valence-electron chi connectivity index (χ4n) is 1.47. The van der Waals surface area contributed by atoms with E-state index in [4.69, 9.17) is 4.74 Å². The first-order chi connectivity index (χ1) is 6.53. The zero-order chi connectivity index (χ0) is 10.3. The quantitative estimate of drug-likeness (QED) is 0.666. The monoisotopic (exact) mass is 254 g/mol. The lowest BCUT2D eigenvalue weighted by molar-refractivity contribution is 0.0644. The summed E-state index contributed by atoms with van der Waals surface area (Å²) in [6.45, 7) is 3.76. The van der Waals surface area contributed by atoms with E-state index in [1.165, 1.54) is 0 Å². The second-order valence-corrected chi connectivity index (χ2v) is 4.81. The fraction of sp³-hybridized carbons (Fsp3) is 0.364. The highest BCUT2D eigenvalue weighted by atomic mass is 79.9. The van der Waals surface area contributed by atoms with Crippen molar-refractivity contribution < 1.29 is 9.53 Å².